The number of nitrogens with zero attached hydrogens (tertiary/aromatic N) is 3. The molecule has 0 saturated carbocycles. The fourth-order valence-corrected chi connectivity index (χ4v) is 2.62. The normalized spacial score (nSPS) is 14.5. The van der Waals surface area contributed by atoms with Gasteiger partial charge in [-0.2, -0.15) is 0 Å². The van der Waals surface area contributed by atoms with Crippen LogP contribution in [-0.4, -0.2) is 49.1 Å². The summed E-state index contributed by atoms with van der Waals surface area (Å²) in [5, 5.41) is 8.40. The van der Waals surface area contributed by atoms with Crippen LogP contribution in [0.15, 0.2) is 24.5 Å². The highest BCUT2D eigenvalue weighted by Crippen LogP contribution is 2.28. The molecule has 0 amide bonds. The van der Waals surface area contributed by atoms with Crippen LogP contribution in [0.2, 0.25) is 0 Å². The molecule has 2 aromatic rings. The fourth-order valence-electron chi connectivity index (χ4n) is 2.62. The molecule has 0 unspecified atom stereocenters. The molecule has 3 N–H and O–H groups in total. The van der Waals surface area contributed by atoms with Gasteiger partial charge in [0.2, 0.25) is 5.88 Å². The number of hydrogen-bond acceptors (Lipinski definition) is 7. The lowest BCUT2D eigenvalue weighted by Crippen LogP contribution is -2.37. The topological polar surface area (TPSA) is 97.4 Å². The molecule has 1 saturated heterocycles. The maximum absolute atomic E-state index is 15.0. The number of nitrogens with one attached hydrogen (secondary N) is 1. The van der Waals surface area contributed by atoms with Crippen LogP contribution >= 0.6 is 0 Å². The number of halogens is 1. The Labute approximate surface area is 138 Å². The van der Waals surface area contributed by atoms with Crippen molar-refractivity contribution in [2.75, 3.05) is 44.0 Å². The number of hydrogen-bond donors (Lipinski definition) is 2. The highest BCUT2D eigenvalue weighted by Gasteiger charge is 2.23. The maximum Gasteiger partial charge on any atom is 0.224 e. The molecule has 2 aromatic heterocycles. The minimum Gasteiger partial charge on any atom is -0.480 e. The van der Waals surface area contributed by atoms with Crippen LogP contribution in [-0.2, 0) is 4.74 Å². The molecule has 7 nitrogen and oxygen atoms in total. The summed E-state index contributed by atoms with van der Waals surface area (Å²) >= 11 is 0. The second-order valence-electron chi connectivity index (χ2n) is 5.25. The third kappa shape index (κ3) is 2.88. The van der Waals surface area contributed by atoms with Crippen molar-refractivity contribution < 1.29 is 13.9 Å². The average molecular weight is 331 g/mol. The molecule has 1 aliphatic rings. The van der Waals surface area contributed by atoms with E-state index < -0.39 is 5.82 Å². The Morgan fingerprint density at radius 3 is 2.71 bits per heavy atom. The summed E-state index contributed by atoms with van der Waals surface area (Å²) in [6, 6.07) is 3.00. The lowest BCUT2D eigenvalue weighted by Gasteiger charge is -2.28. The van der Waals surface area contributed by atoms with Gasteiger partial charge in [0.1, 0.15) is 0 Å². The van der Waals surface area contributed by atoms with E-state index in [1.165, 1.54) is 25.6 Å². The Morgan fingerprint density at radius 1 is 1.29 bits per heavy atom. The van der Waals surface area contributed by atoms with E-state index in [1.54, 1.807) is 11.0 Å². The Kier molecular flexibility index (Phi) is 4.57. The van der Waals surface area contributed by atoms with Crippen molar-refractivity contribution in [1.82, 2.24) is 9.97 Å². The number of nitrogens with two attached hydrogens (primary N) is 1. The van der Waals surface area contributed by atoms with Crippen molar-refractivity contribution in [3.8, 4) is 5.88 Å². The molecule has 0 aliphatic carbocycles. The van der Waals surface area contributed by atoms with Crippen molar-refractivity contribution in [2.45, 2.75) is 0 Å². The van der Waals surface area contributed by atoms with Gasteiger partial charge in [0, 0.05) is 36.7 Å². The monoisotopic (exact) mass is 331 g/mol. The number of methoxy groups -OCH3 is 1. The smallest absolute Gasteiger partial charge is 0.224 e. The summed E-state index contributed by atoms with van der Waals surface area (Å²) < 4.78 is 25.4. The van der Waals surface area contributed by atoms with E-state index >= 15 is 0 Å². The fraction of sp³-hybridized carbons (Fsp3) is 0.312. The van der Waals surface area contributed by atoms with Gasteiger partial charge in [-0.25, -0.2) is 14.4 Å². The minimum absolute atomic E-state index is 0.0909. The van der Waals surface area contributed by atoms with Crippen molar-refractivity contribution in [2.24, 2.45) is 0 Å². The number of ether oxygens (including phenoxy) is 2. The SMILES string of the molecule is COc1nccc(N)c1C(=N)c1ccnc(N2CCOCC2)c1F. The number of aromatic nitrogens is 2. The molecule has 0 bridgehead atoms. The quantitative estimate of drug-likeness (QED) is 0.823. The summed E-state index contributed by atoms with van der Waals surface area (Å²) in [5.74, 6) is -0.166. The van der Waals surface area contributed by atoms with Crippen LogP contribution in [0.4, 0.5) is 15.9 Å². The molecule has 0 radical (unpaired) electrons. The lowest BCUT2D eigenvalue weighted by molar-refractivity contribution is 0.122. The molecule has 1 fully saturated rings. The average Bonchev–Trinajstić information content (AvgIpc) is 2.62. The summed E-state index contributed by atoms with van der Waals surface area (Å²) in [5.41, 5.74) is 6.51. The van der Waals surface area contributed by atoms with Crippen LogP contribution < -0.4 is 15.4 Å². The maximum atomic E-state index is 15.0. The lowest BCUT2D eigenvalue weighted by atomic mass is 10.0. The van der Waals surface area contributed by atoms with Crippen molar-refractivity contribution in [3.63, 3.8) is 0 Å². The van der Waals surface area contributed by atoms with E-state index in [-0.39, 0.29) is 28.5 Å². The number of rotatable bonds is 4. The Morgan fingerprint density at radius 2 is 2.00 bits per heavy atom. The summed E-state index contributed by atoms with van der Waals surface area (Å²) in [7, 11) is 1.43. The first kappa shape index (κ1) is 16.1. The third-order valence-corrected chi connectivity index (χ3v) is 3.84. The molecule has 0 aromatic carbocycles. The molecule has 3 heterocycles. The number of pyridine rings is 2. The highest BCUT2D eigenvalue weighted by molar-refractivity contribution is 6.15. The van der Waals surface area contributed by atoms with Gasteiger partial charge < -0.3 is 20.1 Å². The van der Waals surface area contributed by atoms with Gasteiger partial charge in [-0.05, 0) is 12.1 Å². The molecular formula is C16H18FN5O2. The van der Waals surface area contributed by atoms with E-state index in [0.29, 0.717) is 32.0 Å². The highest BCUT2D eigenvalue weighted by atomic mass is 19.1. The van der Waals surface area contributed by atoms with E-state index in [0.717, 1.165) is 0 Å². The van der Waals surface area contributed by atoms with E-state index in [2.05, 4.69) is 9.97 Å². The number of anilines is 2. The second-order valence-corrected chi connectivity index (χ2v) is 5.25. The van der Waals surface area contributed by atoms with Gasteiger partial charge in [0.25, 0.3) is 0 Å². The van der Waals surface area contributed by atoms with Crippen LogP contribution in [0.5, 0.6) is 5.88 Å². The van der Waals surface area contributed by atoms with Crippen LogP contribution in [0, 0.1) is 11.2 Å². The molecule has 8 heteroatoms. The van der Waals surface area contributed by atoms with E-state index in [9.17, 15) is 4.39 Å². The predicted octanol–water partition coefficient (Wildman–Crippen LogP) is 1.46. The van der Waals surface area contributed by atoms with Crippen molar-refractivity contribution in [3.05, 3.63) is 41.5 Å². The Hall–Kier alpha value is -2.74. The second kappa shape index (κ2) is 6.79. The van der Waals surface area contributed by atoms with Gasteiger partial charge in [0.15, 0.2) is 11.6 Å². The third-order valence-electron chi connectivity index (χ3n) is 3.84. The molecule has 3 rings (SSSR count). The van der Waals surface area contributed by atoms with Crippen LogP contribution in [0.3, 0.4) is 0 Å². The standard InChI is InChI=1S/C16H18FN5O2/c1-23-16-12(11(18)3-5-21-16)14(19)10-2-4-20-15(13(10)17)22-6-8-24-9-7-22/h2-5,19H,6-9H2,1H3,(H2,18,21). The largest absolute Gasteiger partial charge is 0.480 e. The van der Waals surface area contributed by atoms with Gasteiger partial charge in [-0.3, -0.25) is 5.41 Å². The van der Waals surface area contributed by atoms with Gasteiger partial charge in [0.05, 0.1) is 31.6 Å². The van der Waals surface area contributed by atoms with Crippen molar-refractivity contribution in [1.29, 1.82) is 5.41 Å². The summed E-state index contributed by atoms with van der Waals surface area (Å²) in [6.07, 6.45) is 2.96. The first-order valence-corrected chi connectivity index (χ1v) is 7.48. The number of morpholine rings is 1. The molecule has 0 atom stereocenters. The zero-order chi connectivity index (χ0) is 17.1. The van der Waals surface area contributed by atoms with Crippen LogP contribution in [0.1, 0.15) is 11.1 Å². The zero-order valence-corrected chi connectivity index (χ0v) is 13.3. The predicted molar refractivity (Wildman–Crippen MR) is 88.4 cm³/mol. The van der Waals surface area contributed by atoms with Crippen LogP contribution in [0.25, 0.3) is 0 Å². The van der Waals surface area contributed by atoms with Gasteiger partial charge in [-0.15, -0.1) is 0 Å². The first-order valence-electron chi connectivity index (χ1n) is 7.48. The van der Waals surface area contributed by atoms with Gasteiger partial charge in [-0.1, -0.05) is 0 Å². The Balaban J connectivity index is 2.02. The van der Waals surface area contributed by atoms with Gasteiger partial charge >= 0.3 is 0 Å². The molecule has 24 heavy (non-hydrogen) atoms. The summed E-state index contributed by atoms with van der Waals surface area (Å²) in [6.45, 7) is 2.15. The summed E-state index contributed by atoms with van der Waals surface area (Å²) in [4.78, 5) is 9.97. The zero-order valence-electron chi connectivity index (χ0n) is 13.3. The van der Waals surface area contributed by atoms with E-state index in [4.69, 9.17) is 20.6 Å². The minimum atomic E-state index is -0.560. The Bertz CT molecular complexity index is 762. The van der Waals surface area contributed by atoms with E-state index in [1.807, 2.05) is 0 Å². The number of nitrogen functional groups attached to an aromatic ring is 1. The molecule has 126 valence electrons. The first-order chi connectivity index (χ1) is 11.6. The molecular weight excluding hydrogens is 313 g/mol. The molecule has 1 aliphatic heterocycles. The molecule has 0 spiro atoms. The van der Waals surface area contributed by atoms with Crippen molar-refractivity contribution >= 4 is 17.2 Å².